The molecule has 2 unspecified atom stereocenters. The molecule has 1 aromatic heterocycles. The number of H-pyrrole nitrogens is 1. The SMILES string of the molecule is NC(=O)N1CCCCC1c1cccc2[nH]c(C3CNCCN3)nc12. The second-order valence-corrected chi connectivity index (χ2v) is 6.62. The first-order valence-corrected chi connectivity index (χ1v) is 8.73. The number of primary amides is 1. The van der Waals surface area contributed by atoms with E-state index in [-0.39, 0.29) is 18.1 Å². The molecule has 0 aliphatic carbocycles. The van der Waals surface area contributed by atoms with Gasteiger partial charge in [0, 0.05) is 31.7 Å². The molecule has 3 heterocycles. The number of para-hydroxylation sites is 1. The average molecular weight is 328 g/mol. The molecule has 0 saturated carbocycles. The van der Waals surface area contributed by atoms with Crippen LogP contribution in [0.25, 0.3) is 11.0 Å². The van der Waals surface area contributed by atoms with Crippen LogP contribution in [0.1, 0.15) is 42.7 Å². The topological polar surface area (TPSA) is 99.1 Å². The Morgan fingerprint density at radius 3 is 3.00 bits per heavy atom. The number of benzene rings is 1. The van der Waals surface area contributed by atoms with Gasteiger partial charge in [0.1, 0.15) is 5.82 Å². The van der Waals surface area contributed by atoms with Crippen molar-refractivity contribution in [2.45, 2.75) is 31.3 Å². The lowest BCUT2D eigenvalue weighted by Crippen LogP contribution is -2.43. The smallest absolute Gasteiger partial charge is 0.315 e. The number of rotatable bonds is 2. The lowest BCUT2D eigenvalue weighted by Gasteiger charge is -2.34. The molecule has 1 aromatic carbocycles. The number of aromatic amines is 1. The van der Waals surface area contributed by atoms with E-state index in [1.807, 2.05) is 12.1 Å². The highest BCUT2D eigenvalue weighted by Gasteiger charge is 2.29. The van der Waals surface area contributed by atoms with Gasteiger partial charge in [0.2, 0.25) is 0 Å². The number of imidazole rings is 1. The van der Waals surface area contributed by atoms with Gasteiger partial charge in [0.15, 0.2) is 0 Å². The first-order valence-electron chi connectivity index (χ1n) is 8.73. The van der Waals surface area contributed by atoms with Gasteiger partial charge in [-0.1, -0.05) is 12.1 Å². The zero-order valence-corrected chi connectivity index (χ0v) is 13.7. The molecule has 4 rings (SSSR count). The summed E-state index contributed by atoms with van der Waals surface area (Å²) >= 11 is 0. The summed E-state index contributed by atoms with van der Waals surface area (Å²) in [6, 6.07) is 6.02. The molecule has 0 radical (unpaired) electrons. The van der Waals surface area contributed by atoms with Gasteiger partial charge in [0.25, 0.3) is 0 Å². The number of piperazine rings is 1. The largest absolute Gasteiger partial charge is 0.351 e. The van der Waals surface area contributed by atoms with Crippen molar-refractivity contribution in [3.8, 4) is 0 Å². The standard InChI is InChI=1S/C17H24N6O/c18-17(24)23-9-2-1-6-14(23)11-4-3-5-12-15(11)22-16(21-12)13-10-19-7-8-20-13/h3-5,13-14,19-20H,1-2,6-10H2,(H2,18,24)(H,21,22). The highest BCUT2D eigenvalue weighted by molar-refractivity contribution is 5.81. The van der Waals surface area contributed by atoms with E-state index in [0.717, 1.165) is 67.9 Å². The first-order chi connectivity index (χ1) is 11.7. The van der Waals surface area contributed by atoms with Gasteiger partial charge < -0.3 is 26.3 Å². The van der Waals surface area contributed by atoms with Crippen molar-refractivity contribution >= 4 is 17.1 Å². The number of hydrogen-bond acceptors (Lipinski definition) is 4. The Morgan fingerprint density at radius 1 is 1.29 bits per heavy atom. The van der Waals surface area contributed by atoms with Crippen molar-refractivity contribution in [3.05, 3.63) is 29.6 Å². The number of nitrogens with one attached hydrogen (secondary N) is 3. The molecule has 2 aliphatic heterocycles. The van der Waals surface area contributed by atoms with E-state index in [1.165, 1.54) is 0 Å². The number of hydrogen-bond donors (Lipinski definition) is 4. The monoisotopic (exact) mass is 328 g/mol. The number of nitrogens with zero attached hydrogens (tertiary/aromatic N) is 2. The number of amides is 2. The fourth-order valence-corrected chi connectivity index (χ4v) is 3.87. The summed E-state index contributed by atoms with van der Waals surface area (Å²) in [7, 11) is 0. The summed E-state index contributed by atoms with van der Waals surface area (Å²) in [5, 5.41) is 6.87. The van der Waals surface area contributed by atoms with Gasteiger partial charge >= 0.3 is 6.03 Å². The normalized spacial score (nSPS) is 25.1. The maximum Gasteiger partial charge on any atom is 0.315 e. The minimum Gasteiger partial charge on any atom is -0.351 e. The summed E-state index contributed by atoms with van der Waals surface area (Å²) in [5.41, 5.74) is 8.67. The number of carbonyl (C=O) groups excluding carboxylic acids is 1. The summed E-state index contributed by atoms with van der Waals surface area (Å²) in [6.45, 7) is 3.51. The fraction of sp³-hybridized carbons (Fsp3) is 0.529. The van der Waals surface area contributed by atoms with Crippen molar-refractivity contribution in [2.24, 2.45) is 5.73 Å². The van der Waals surface area contributed by atoms with Crippen LogP contribution in [0.15, 0.2) is 18.2 Å². The lowest BCUT2D eigenvalue weighted by atomic mass is 9.94. The van der Waals surface area contributed by atoms with E-state index in [2.05, 4.69) is 21.7 Å². The molecule has 7 heteroatoms. The van der Waals surface area contributed by atoms with Gasteiger partial charge in [-0.25, -0.2) is 9.78 Å². The zero-order chi connectivity index (χ0) is 16.5. The summed E-state index contributed by atoms with van der Waals surface area (Å²) in [4.78, 5) is 21.9. The van der Waals surface area contributed by atoms with Crippen molar-refractivity contribution in [3.63, 3.8) is 0 Å². The molecule has 2 atom stereocenters. The molecule has 2 saturated heterocycles. The minimum absolute atomic E-state index is 0.0218. The molecule has 5 N–H and O–H groups in total. The van der Waals surface area contributed by atoms with Crippen molar-refractivity contribution < 1.29 is 4.79 Å². The maximum atomic E-state index is 11.8. The van der Waals surface area contributed by atoms with E-state index in [9.17, 15) is 4.79 Å². The number of likely N-dealkylation sites (tertiary alicyclic amines) is 1. The lowest BCUT2D eigenvalue weighted by molar-refractivity contribution is 0.160. The molecule has 2 aliphatic rings. The van der Waals surface area contributed by atoms with E-state index in [4.69, 9.17) is 10.7 Å². The molecule has 0 bridgehead atoms. The molecule has 2 amide bonds. The van der Waals surface area contributed by atoms with Crippen molar-refractivity contribution in [1.29, 1.82) is 0 Å². The molecular formula is C17H24N6O. The molecule has 7 nitrogen and oxygen atoms in total. The number of carbonyl (C=O) groups is 1. The quantitative estimate of drug-likeness (QED) is 0.670. The number of nitrogens with two attached hydrogens (primary N) is 1. The zero-order valence-electron chi connectivity index (χ0n) is 13.7. The first kappa shape index (κ1) is 15.4. The van der Waals surface area contributed by atoms with Crippen LogP contribution >= 0.6 is 0 Å². The third-order valence-corrected chi connectivity index (χ3v) is 5.08. The molecule has 24 heavy (non-hydrogen) atoms. The number of fused-ring (bicyclic) bond motifs is 1. The third-order valence-electron chi connectivity index (χ3n) is 5.08. The van der Waals surface area contributed by atoms with Crippen LogP contribution in [-0.2, 0) is 0 Å². The third kappa shape index (κ3) is 2.74. The van der Waals surface area contributed by atoms with Crippen LogP contribution in [0, 0.1) is 0 Å². The van der Waals surface area contributed by atoms with Gasteiger partial charge in [-0.2, -0.15) is 0 Å². The Balaban J connectivity index is 1.72. The predicted molar refractivity (Wildman–Crippen MR) is 92.6 cm³/mol. The highest BCUT2D eigenvalue weighted by atomic mass is 16.2. The van der Waals surface area contributed by atoms with Gasteiger partial charge in [-0.05, 0) is 25.3 Å². The van der Waals surface area contributed by atoms with E-state index in [1.54, 1.807) is 4.90 Å². The Bertz CT molecular complexity index is 736. The van der Waals surface area contributed by atoms with Crippen LogP contribution in [0.4, 0.5) is 4.79 Å². The van der Waals surface area contributed by atoms with Crippen molar-refractivity contribution in [2.75, 3.05) is 26.2 Å². The predicted octanol–water partition coefficient (Wildman–Crippen LogP) is 1.40. The second kappa shape index (κ2) is 6.41. The Labute approximate surface area is 141 Å². The van der Waals surface area contributed by atoms with E-state index < -0.39 is 0 Å². The van der Waals surface area contributed by atoms with E-state index in [0.29, 0.717) is 0 Å². The van der Waals surface area contributed by atoms with Gasteiger partial charge in [-0.3, -0.25) is 0 Å². The van der Waals surface area contributed by atoms with Crippen molar-refractivity contribution in [1.82, 2.24) is 25.5 Å². The Hall–Kier alpha value is -2.12. The summed E-state index contributed by atoms with van der Waals surface area (Å²) < 4.78 is 0. The highest BCUT2D eigenvalue weighted by Crippen LogP contribution is 2.34. The molecular weight excluding hydrogens is 304 g/mol. The van der Waals surface area contributed by atoms with E-state index >= 15 is 0 Å². The maximum absolute atomic E-state index is 11.8. The van der Waals surface area contributed by atoms with Crippen LogP contribution in [0.3, 0.4) is 0 Å². The Kier molecular flexibility index (Phi) is 4.12. The van der Waals surface area contributed by atoms with Crippen LogP contribution < -0.4 is 16.4 Å². The van der Waals surface area contributed by atoms with Gasteiger partial charge in [-0.15, -0.1) is 0 Å². The van der Waals surface area contributed by atoms with Crippen LogP contribution in [-0.4, -0.2) is 47.1 Å². The van der Waals surface area contributed by atoms with Gasteiger partial charge in [0.05, 0.1) is 23.1 Å². The van der Waals surface area contributed by atoms with Crippen LogP contribution in [0.2, 0.25) is 0 Å². The second-order valence-electron chi connectivity index (χ2n) is 6.62. The number of piperidine rings is 1. The fourth-order valence-electron chi connectivity index (χ4n) is 3.87. The summed E-state index contributed by atoms with van der Waals surface area (Å²) in [5.74, 6) is 0.950. The minimum atomic E-state index is -0.342. The molecule has 2 aromatic rings. The summed E-state index contributed by atoms with van der Waals surface area (Å²) in [6.07, 6.45) is 3.06. The molecule has 0 spiro atoms. The molecule has 2 fully saturated rings. The number of aromatic nitrogens is 2. The Morgan fingerprint density at radius 2 is 2.21 bits per heavy atom. The molecule has 128 valence electrons. The average Bonchev–Trinajstić information content (AvgIpc) is 3.06. The number of urea groups is 1. The van der Waals surface area contributed by atoms with Crippen LogP contribution in [0.5, 0.6) is 0 Å².